The first-order chi connectivity index (χ1) is 60.8. The maximum absolute atomic E-state index is 12.5. The van der Waals surface area contributed by atoms with Crippen LogP contribution in [0.4, 0.5) is 23.1 Å². The summed E-state index contributed by atoms with van der Waals surface area (Å²) in [6.07, 6.45) is 5.64. The van der Waals surface area contributed by atoms with Gasteiger partial charge in [0.05, 0.1) is 114 Å². The number of halogens is 4. The molecule has 0 bridgehead atoms. The van der Waals surface area contributed by atoms with Gasteiger partial charge in [0, 0.05) is 24.7 Å². The van der Waals surface area contributed by atoms with Crippen LogP contribution in [0.5, 0.6) is 0 Å². The number of carbonyl (C=O) groups is 8. The molecule has 0 aliphatic carbocycles. The van der Waals surface area contributed by atoms with E-state index in [4.69, 9.17) is 46.4 Å². The summed E-state index contributed by atoms with van der Waals surface area (Å²) in [5.41, 5.74) is 12.4. The van der Waals surface area contributed by atoms with Crippen molar-refractivity contribution in [2.24, 2.45) is 20.4 Å². The number of rotatable bonds is 28. The number of Topliss-reactive ketones (excluding diaryl/α,β-unsaturated/α-hetero) is 4. The van der Waals surface area contributed by atoms with Crippen molar-refractivity contribution in [2.45, 2.75) is 95.9 Å². The van der Waals surface area contributed by atoms with Crippen LogP contribution < -0.4 is 20.0 Å². The minimum Gasteiger partial charge on any atom is -0.298 e. The summed E-state index contributed by atoms with van der Waals surface area (Å²) in [7, 11) is -15.0. The predicted octanol–water partition coefficient (Wildman–Crippen LogP) is 14.1. The lowest BCUT2D eigenvalue weighted by atomic mass is 10.1. The van der Waals surface area contributed by atoms with E-state index in [2.05, 4.69) is 50.5 Å². The molecule has 0 unspecified atom stereocenters. The fraction of sp³-hybridized carbons (Fsp3) is 0.186. The fourth-order valence-corrected chi connectivity index (χ4v) is 24.1. The number of hydrogen-bond donors (Lipinski definition) is 0. The minimum absolute atomic E-state index is 0.0482. The van der Waals surface area contributed by atoms with E-state index in [1.54, 1.807) is 24.3 Å². The fourth-order valence-electron chi connectivity index (χ4n) is 12.8. The lowest BCUT2D eigenvalue weighted by Crippen LogP contribution is -2.22. The highest BCUT2D eigenvalue weighted by atomic mass is 35.5. The molecule has 656 valence electrons. The molecule has 0 atom stereocenters. The van der Waals surface area contributed by atoms with Crippen molar-refractivity contribution < 1.29 is 72.0 Å². The largest absolute Gasteiger partial charge is 0.298 e. The molecule has 30 nitrogen and oxygen atoms in total. The number of hydrogen-bond acceptors (Lipinski definition) is 30. The summed E-state index contributed by atoms with van der Waals surface area (Å²) in [6.45, 7) is 7.88. The number of nitrogens with zero attached hydrogens (tertiary/aromatic N) is 14. The number of anilines is 4. The lowest BCUT2D eigenvalue weighted by Gasteiger charge is -2.11. The Morgan fingerprint density at radius 2 is 0.648 bits per heavy atom. The highest BCUT2D eigenvalue weighted by molar-refractivity contribution is 7.95. The van der Waals surface area contributed by atoms with E-state index in [9.17, 15) is 72.0 Å². The van der Waals surface area contributed by atoms with Gasteiger partial charge in [-0.05, 0) is 134 Å². The third-order valence-corrected chi connectivity index (χ3v) is 32.7. The van der Waals surface area contributed by atoms with Crippen molar-refractivity contribution in [1.82, 2.24) is 30.1 Å². The van der Waals surface area contributed by atoms with Gasteiger partial charge in [-0.2, -0.15) is 45.5 Å². The van der Waals surface area contributed by atoms with Gasteiger partial charge in [0.1, 0.15) is 39.8 Å². The molecule has 128 heavy (non-hydrogen) atoms. The molecule has 0 saturated heterocycles. The lowest BCUT2D eigenvalue weighted by molar-refractivity contribution is -0.117. The molecular formula is C86H70Cl4N14O16S8. The van der Waals surface area contributed by atoms with E-state index in [0.717, 1.165) is 89.9 Å². The number of carbonyl (C=O) groups excluding carboxylic acids is 8. The third-order valence-electron chi connectivity index (χ3n) is 18.8. The first-order valence-electron chi connectivity index (χ1n) is 38.3. The van der Waals surface area contributed by atoms with Gasteiger partial charge in [0.2, 0.25) is 0 Å². The number of ketones is 4. The van der Waals surface area contributed by atoms with Gasteiger partial charge in [-0.15, -0.1) is 50.4 Å². The van der Waals surface area contributed by atoms with Crippen molar-refractivity contribution in [3.8, 4) is 0 Å². The molecular weight excluding hydrogens is 1880 g/mol. The van der Waals surface area contributed by atoms with Crippen LogP contribution in [-0.4, -0.2) is 156 Å². The molecule has 4 aliphatic rings. The summed E-state index contributed by atoms with van der Waals surface area (Å²) in [5.74, 6) is -4.55. The Hall–Kier alpha value is -11.7. The Kier molecular flexibility index (Phi) is 29.9. The topological polar surface area (TPSA) is 413 Å². The average molecular weight is 1950 g/mol. The van der Waals surface area contributed by atoms with Crippen LogP contribution in [0.25, 0.3) is 0 Å². The highest BCUT2D eigenvalue weighted by Crippen LogP contribution is 2.33. The molecule has 0 fully saturated rings. The standard InChI is InChI=1S/2C22H18ClN3O4S2.2C21H17ClN4O4S2/c1-14-3-2-4-16(9-14)18-11-21(28)26(25-18)20-7-5-15(12-24-20)10-17(27)13-32(29,30)22-8-6-19(23)31-22;1-14-3-2-4-15(9-14)19-11-21(28)26(25-19)17-6-5-16(24-12-17)10-18(27)13-32(29,30)22-8-7-20(23)31-22;1-13-3-2-4-14(9-13)17-11-20(28)26(25-17)19-7-5-15(23-24-19)10-16(27)12-32(29,30)21-8-6-18(22)31-21;1-13-3-2-4-14(7-13)17-9-20(28)26(25-17)19-11-23-15(10-24-19)8-16(27)12-32(29,30)21-6-5-18(22)31-21/h2*2-9,12H,10-11,13H2,1H3;2-9H,10-12H2,1H3;2-7,10-11H,8-9,12H2,1H3. The maximum Gasteiger partial charge on any atom is 0.255 e. The van der Waals surface area contributed by atoms with Gasteiger partial charge in [-0.3, -0.25) is 48.3 Å². The maximum atomic E-state index is 12.5. The first-order valence-corrected chi connectivity index (χ1v) is 49.7. The smallest absolute Gasteiger partial charge is 0.255 e. The van der Waals surface area contributed by atoms with Crippen LogP contribution in [0.3, 0.4) is 0 Å². The Morgan fingerprint density at radius 3 is 0.977 bits per heavy atom. The van der Waals surface area contributed by atoms with Gasteiger partial charge in [0.15, 0.2) is 79.9 Å². The van der Waals surface area contributed by atoms with Gasteiger partial charge in [-0.25, -0.2) is 43.6 Å². The second kappa shape index (κ2) is 40.8. The molecule has 0 spiro atoms. The molecule has 4 amide bonds. The summed E-state index contributed by atoms with van der Waals surface area (Å²) in [6, 6.07) is 51.9. The first kappa shape index (κ1) is 94.0. The molecule has 8 aromatic heterocycles. The molecule has 4 aromatic carbocycles. The van der Waals surface area contributed by atoms with Crippen LogP contribution in [-0.2, 0) is 103 Å². The van der Waals surface area contributed by atoms with E-state index >= 15 is 0 Å². The number of sulfone groups is 4. The van der Waals surface area contributed by atoms with Crippen LogP contribution in [0, 0.1) is 27.7 Å². The summed E-state index contributed by atoms with van der Waals surface area (Å²) >= 11 is 26.8. The van der Waals surface area contributed by atoms with Gasteiger partial charge in [0.25, 0.3) is 23.6 Å². The number of thiophene rings is 4. The number of benzene rings is 4. The zero-order valence-corrected chi connectivity index (χ0v) is 77.2. The highest BCUT2D eigenvalue weighted by Gasteiger charge is 2.34. The Morgan fingerprint density at radius 1 is 0.320 bits per heavy atom. The monoisotopic (exact) mass is 1950 g/mol. The second-order valence-electron chi connectivity index (χ2n) is 29.1. The van der Waals surface area contributed by atoms with E-state index in [0.29, 0.717) is 74.3 Å². The van der Waals surface area contributed by atoms with Gasteiger partial charge >= 0.3 is 0 Å². The van der Waals surface area contributed by atoms with Crippen molar-refractivity contribution in [3.05, 3.63) is 291 Å². The molecule has 42 heteroatoms. The van der Waals surface area contributed by atoms with E-state index in [1.165, 1.54) is 105 Å². The Bertz CT molecular complexity index is 6160. The third kappa shape index (κ3) is 24.6. The predicted molar refractivity (Wildman–Crippen MR) is 492 cm³/mol. The molecule has 12 heterocycles. The van der Waals surface area contributed by atoms with Gasteiger partial charge < -0.3 is 0 Å². The Labute approximate surface area is 770 Å². The summed E-state index contributed by atoms with van der Waals surface area (Å²) in [5, 5.41) is 30.4. The molecule has 4 aliphatic heterocycles. The number of hydrazone groups is 4. The second-order valence-corrected chi connectivity index (χ2v) is 44.8. The molecule has 0 saturated carbocycles. The summed E-state index contributed by atoms with van der Waals surface area (Å²) < 4.78 is 100. The summed E-state index contributed by atoms with van der Waals surface area (Å²) in [4.78, 5) is 116. The molecule has 0 N–H and O–H groups in total. The normalized spacial score (nSPS) is 14.0. The molecule has 12 aromatic rings. The van der Waals surface area contributed by atoms with Crippen LogP contribution in [0.15, 0.2) is 244 Å². The quantitative estimate of drug-likeness (QED) is 0.0439. The van der Waals surface area contributed by atoms with Crippen LogP contribution >= 0.6 is 91.8 Å². The van der Waals surface area contributed by atoms with E-state index in [-0.39, 0.29) is 103 Å². The average Bonchev–Trinajstić information content (AvgIpc) is 1.67. The number of aryl methyl sites for hydroxylation is 4. The SMILES string of the molecule is Cc1cccc(C2=NN(c3ccc(CC(=O)CS(=O)(=O)c4ccc(Cl)s4)cn3)C(=O)C2)c1.Cc1cccc(C2=NN(c3ccc(CC(=O)CS(=O)(=O)c4ccc(Cl)s4)nc3)C(=O)C2)c1.Cc1cccc(C2=NN(c3ccc(CC(=O)CS(=O)(=O)c4ccc(Cl)s4)nn3)C(=O)C2)c1.Cc1cccc(C2=NN(c3cnc(CC(=O)CS(=O)(=O)c4ccc(Cl)s4)cn3)C(=O)C2)c1. The molecule has 16 rings (SSSR count). The van der Waals surface area contributed by atoms with E-state index in [1.807, 2.05) is 125 Å². The number of pyridine rings is 2. The zero-order valence-electron chi connectivity index (χ0n) is 67.7. The Balaban J connectivity index is 0.000000146. The zero-order chi connectivity index (χ0) is 91.5. The van der Waals surface area contributed by atoms with Gasteiger partial charge in [-0.1, -0.05) is 172 Å². The van der Waals surface area contributed by atoms with Crippen molar-refractivity contribution in [1.29, 1.82) is 0 Å². The molecule has 0 radical (unpaired) electrons. The van der Waals surface area contributed by atoms with Crippen LogP contribution in [0.1, 0.15) is 92.8 Å². The number of aromatic nitrogens is 6. The van der Waals surface area contributed by atoms with Crippen LogP contribution in [0.2, 0.25) is 17.3 Å². The van der Waals surface area contributed by atoms with E-state index < -0.39 is 85.5 Å². The number of amides is 4. The van der Waals surface area contributed by atoms with Crippen molar-refractivity contribution >= 4 is 224 Å². The minimum atomic E-state index is -3.76. The van der Waals surface area contributed by atoms with Crippen molar-refractivity contribution in [3.63, 3.8) is 0 Å². The van der Waals surface area contributed by atoms with Crippen molar-refractivity contribution in [2.75, 3.05) is 43.0 Å².